The van der Waals surface area contributed by atoms with Crippen LogP contribution in [0.15, 0.2) is 0 Å². The Kier molecular flexibility index (Phi) is 4.05. The maximum atomic E-state index is 12.2. The summed E-state index contributed by atoms with van der Waals surface area (Å²) in [6.45, 7) is 3.56. The Morgan fingerprint density at radius 3 is 2.73 bits per heavy atom. The Balaban J connectivity index is 2.77. The van der Waals surface area contributed by atoms with E-state index in [0.717, 1.165) is 0 Å². The van der Waals surface area contributed by atoms with Gasteiger partial charge in [0.15, 0.2) is 0 Å². The van der Waals surface area contributed by atoms with Crippen molar-refractivity contribution >= 4 is 11.8 Å². The number of alkyl halides is 1. The Bertz CT molecular complexity index is 256. The van der Waals surface area contributed by atoms with Crippen LogP contribution in [0.1, 0.15) is 20.3 Å². The number of halogens is 1. The van der Waals surface area contributed by atoms with Crippen LogP contribution in [0, 0.1) is 5.92 Å². The van der Waals surface area contributed by atoms with Crippen molar-refractivity contribution in [2.45, 2.75) is 26.3 Å². The molecule has 1 heterocycles. The Morgan fingerprint density at radius 2 is 2.20 bits per heavy atom. The highest BCUT2D eigenvalue weighted by Crippen LogP contribution is 2.10. The second-order valence-corrected chi connectivity index (χ2v) is 4.05. The highest BCUT2D eigenvalue weighted by atomic mass is 19.1. The van der Waals surface area contributed by atoms with Gasteiger partial charge < -0.3 is 10.2 Å². The first-order valence-corrected chi connectivity index (χ1v) is 5.20. The van der Waals surface area contributed by atoms with Gasteiger partial charge in [0.25, 0.3) is 0 Å². The van der Waals surface area contributed by atoms with Gasteiger partial charge in [-0.15, -0.1) is 0 Å². The lowest BCUT2D eigenvalue weighted by atomic mass is 10.0. The van der Waals surface area contributed by atoms with Gasteiger partial charge in [0.1, 0.15) is 12.7 Å². The molecule has 86 valence electrons. The van der Waals surface area contributed by atoms with Gasteiger partial charge in [0.2, 0.25) is 11.8 Å². The standard InChI is InChI=1S/C10H17FN2O2/c1-7(2)9-10(15)13(6-4-11)5-3-8(14)12-9/h7,9H,3-6H2,1-2H3,(H,12,14). The van der Waals surface area contributed by atoms with Crippen LogP contribution in [-0.2, 0) is 9.59 Å². The van der Waals surface area contributed by atoms with Gasteiger partial charge in [0, 0.05) is 19.5 Å². The third-order valence-electron chi connectivity index (χ3n) is 2.52. The van der Waals surface area contributed by atoms with E-state index in [0.29, 0.717) is 6.54 Å². The van der Waals surface area contributed by atoms with E-state index in [2.05, 4.69) is 5.32 Å². The van der Waals surface area contributed by atoms with Crippen LogP contribution in [0.2, 0.25) is 0 Å². The minimum absolute atomic E-state index is 0.0293. The molecule has 0 bridgehead atoms. The molecule has 1 fully saturated rings. The summed E-state index contributed by atoms with van der Waals surface area (Å²) in [5, 5.41) is 2.66. The minimum Gasteiger partial charge on any atom is -0.344 e. The highest BCUT2D eigenvalue weighted by Gasteiger charge is 2.31. The molecule has 0 saturated carbocycles. The molecule has 1 N–H and O–H groups in total. The quantitative estimate of drug-likeness (QED) is 0.739. The van der Waals surface area contributed by atoms with E-state index in [-0.39, 0.29) is 30.7 Å². The lowest BCUT2D eigenvalue weighted by molar-refractivity contribution is -0.134. The van der Waals surface area contributed by atoms with Gasteiger partial charge in [-0.1, -0.05) is 13.8 Å². The van der Waals surface area contributed by atoms with Gasteiger partial charge in [-0.05, 0) is 5.92 Å². The average molecular weight is 216 g/mol. The average Bonchev–Trinajstić information content (AvgIpc) is 2.31. The summed E-state index contributed by atoms with van der Waals surface area (Å²) in [6.07, 6.45) is 0.259. The molecule has 1 aliphatic rings. The number of carbonyl (C=O) groups excluding carboxylic acids is 2. The molecule has 2 amide bonds. The van der Waals surface area contributed by atoms with E-state index in [4.69, 9.17) is 0 Å². The topological polar surface area (TPSA) is 49.4 Å². The summed E-state index contributed by atoms with van der Waals surface area (Å²) >= 11 is 0. The van der Waals surface area contributed by atoms with Crippen LogP contribution in [0.25, 0.3) is 0 Å². The molecule has 15 heavy (non-hydrogen) atoms. The molecule has 1 rings (SSSR count). The zero-order chi connectivity index (χ0) is 11.4. The van der Waals surface area contributed by atoms with E-state index < -0.39 is 12.7 Å². The maximum absolute atomic E-state index is 12.2. The minimum atomic E-state index is -0.565. The van der Waals surface area contributed by atoms with Gasteiger partial charge in [-0.25, -0.2) is 4.39 Å². The molecular formula is C10H17FN2O2. The van der Waals surface area contributed by atoms with Gasteiger partial charge in [-0.3, -0.25) is 9.59 Å². The molecular weight excluding hydrogens is 199 g/mol. The maximum Gasteiger partial charge on any atom is 0.245 e. The molecule has 1 saturated heterocycles. The summed E-state index contributed by atoms with van der Waals surface area (Å²) in [5.41, 5.74) is 0. The monoisotopic (exact) mass is 216 g/mol. The van der Waals surface area contributed by atoms with Crippen molar-refractivity contribution in [1.29, 1.82) is 0 Å². The van der Waals surface area contributed by atoms with Gasteiger partial charge >= 0.3 is 0 Å². The number of nitrogens with zero attached hydrogens (tertiary/aromatic N) is 1. The molecule has 0 radical (unpaired) electrons. The first-order chi connectivity index (χ1) is 7.06. The largest absolute Gasteiger partial charge is 0.344 e. The van der Waals surface area contributed by atoms with E-state index in [9.17, 15) is 14.0 Å². The number of rotatable bonds is 3. The van der Waals surface area contributed by atoms with Crippen LogP contribution in [-0.4, -0.2) is 42.5 Å². The van der Waals surface area contributed by atoms with Gasteiger partial charge in [-0.2, -0.15) is 0 Å². The summed E-state index contributed by atoms with van der Waals surface area (Å²) in [6, 6.07) is -0.508. The molecule has 0 aromatic rings. The Labute approximate surface area is 88.8 Å². The summed E-state index contributed by atoms with van der Waals surface area (Å²) in [4.78, 5) is 24.6. The molecule has 5 heteroatoms. The molecule has 1 unspecified atom stereocenters. The highest BCUT2D eigenvalue weighted by molar-refractivity contribution is 5.90. The number of hydrogen-bond donors (Lipinski definition) is 1. The van der Waals surface area contributed by atoms with Crippen LogP contribution in [0.4, 0.5) is 4.39 Å². The molecule has 1 atom stereocenters. The van der Waals surface area contributed by atoms with Crippen molar-refractivity contribution in [2.75, 3.05) is 19.8 Å². The van der Waals surface area contributed by atoms with Crippen molar-refractivity contribution < 1.29 is 14.0 Å². The summed E-state index contributed by atoms with van der Waals surface area (Å²) < 4.78 is 12.2. The molecule has 4 nitrogen and oxygen atoms in total. The van der Waals surface area contributed by atoms with E-state index in [1.54, 1.807) is 0 Å². The fourth-order valence-corrected chi connectivity index (χ4v) is 1.63. The van der Waals surface area contributed by atoms with Gasteiger partial charge in [0.05, 0.1) is 0 Å². The normalized spacial score (nSPS) is 22.9. The summed E-state index contributed by atoms with van der Waals surface area (Å²) in [7, 11) is 0. The molecule has 0 aromatic heterocycles. The van der Waals surface area contributed by atoms with Crippen molar-refractivity contribution in [3.05, 3.63) is 0 Å². The lowest BCUT2D eigenvalue weighted by Crippen LogP contribution is -2.48. The van der Waals surface area contributed by atoms with Crippen molar-refractivity contribution in [3.8, 4) is 0 Å². The van der Waals surface area contributed by atoms with E-state index in [1.807, 2.05) is 13.8 Å². The van der Waals surface area contributed by atoms with Crippen LogP contribution < -0.4 is 5.32 Å². The smallest absolute Gasteiger partial charge is 0.245 e. The fraction of sp³-hybridized carbons (Fsp3) is 0.800. The lowest BCUT2D eigenvalue weighted by Gasteiger charge is -2.25. The van der Waals surface area contributed by atoms with E-state index in [1.165, 1.54) is 4.90 Å². The van der Waals surface area contributed by atoms with Crippen LogP contribution in [0.5, 0.6) is 0 Å². The molecule has 0 aromatic carbocycles. The van der Waals surface area contributed by atoms with E-state index >= 15 is 0 Å². The number of hydrogen-bond acceptors (Lipinski definition) is 2. The third-order valence-corrected chi connectivity index (χ3v) is 2.52. The molecule has 0 spiro atoms. The van der Waals surface area contributed by atoms with Crippen molar-refractivity contribution in [2.24, 2.45) is 5.92 Å². The van der Waals surface area contributed by atoms with Crippen LogP contribution >= 0.6 is 0 Å². The first-order valence-electron chi connectivity index (χ1n) is 5.20. The number of nitrogens with one attached hydrogen (secondary N) is 1. The summed E-state index contributed by atoms with van der Waals surface area (Å²) in [5.74, 6) is -0.279. The molecule has 1 aliphatic heterocycles. The predicted octanol–water partition coefficient (Wildman–Crippen LogP) is 0.329. The zero-order valence-electron chi connectivity index (χ0n) is 9.12. The SMILES string of the molecule is CC(C)C1NC(=O)CCN(CCF)C1=O. The predicted molar refractivity (Wildman–Crippen MR) is 53.9 cm³/mol. The second kappa shape index (κ2) is 5.09. The first kappa shape index (κ1) is 11.9. The van der Waals surface area contributed by atoms with Crippen molar-refractivity contribution in [1.82, 2.24) is 10.2 Å². The fourth-order valence-electron chi connectivity index (χ4n) is 1.63. The molecule has 0 aliphatic carbocycles. The van der Waals surface area contributed by atoms with Crippen LogP contribution in [0.3, 0.4) is 0 Å². The third kappa shape index (κ3) is 2.91. The number of carbonyl (C=O) groups is 2. The Morgan fingerprint density at radius 1 is 1.53 bits per heavy atom. The van der Waals surface area contributed by atoms with Crippen molar-refractivity contribution in [3.63, 3.8) is 0 Å². The number of amides is 2. The Hall–Kier alpha value is -1.13. The zero-order valence-corrected chi connectivity index (χ0v) is 9.12. The second-order valence-electron chi connectivity index (χ2n) is 4.05.